The molecule has 0 unspecified atom stereocenters. The van der Waals surface area contributed by atoms with Gasteiger partial charge in [0, 0.05) is 25.4 Å². The summed E-state index contributed by atoms with van der Waals surface area (Å²) in [6, 6.07) is 9.32. The lowest BCUT2D eigenvalue weighted by Crippen LogP contribution is -2.24. The predicted molar refractivity (Wildman–Crippen MR) is 91.1 cm³/mol. The molecule has 0 atom stereocenters. The molecule has 1 aromatic carbocycles. The van der Waals surface area contributed by atoms with Crippen molar-refractivity contribution in [1.29, 1.82) is 5.26 Å². The Balaban J connectivity index is 2.84. The fourth-order valence-corrected chi connectivity index (χ4v) is 2.67. The zero-order valence-electron chi connectivity index (χ0n) is 13.4. The molecular weight excluding hydrogens is 310 g/mol. The molecule has 6 heteroatoms. The second kappa shape index (κ2) is 6.63. The zero-order valence-corrected chi connectivity index (χ0v) is 14.2. The van der Waals surface area contributed by atoms with Gasteiger partial charge in [0.15, 0.2) is 0 Å². The molecule has 0 aliphatic carbocycles. The number of nitriles is 1. The molecule has 1 heterocycles. The quantitative estimate of drug-likeness (QED) is 0.878. The van der Waals surface area contributed by atoms with Crippen molar-refractivity contribution in [3.63, 3.8) is 0 Å². The summed E-state index contributed by atoms with van der Waals surface area (Å²) in [4.78, 5) is 17.0. The van der Waals surface area contributed by atoms with Crippen LogP contribution in [-0.2, 0) is 0 Å². The minimum atomic E-state index is -0.184. The maximum absolute atomic E-state index is 12.6. The van der Waals surface area contributed by atoms with Crippen LogP contribution in [0.25, 0.3) is 11.1 Å². The number of carbonyl (C=O) groups is 1. The molecule has 0 fully saturated rings. The number of ether oxygens (including phenoxy) is 1. The second-order valence-electron chi connectivity index (χ2n) is 5.24. The molecule has 0 spiro atoms. The molecule has 0 aliphatic rings. The molecule has 1 N–H and O–H groups in total. The highest BCUT2D eigenvalue weighted by atomic mass is 32.1. The average molecular weight is 327 g/mol. The van der Waals surface area contributed by atoms with E-state index < -0.39 is 0 Å². The van der Waals surface area contributed by atoms with E-state index in [1.165, 1.54) is 4.90 Å². The van der Waals surface area contributed by atoms with E-state index in [2.05, 4.69) is 11.1 Å². The van der Waals surface area contributed by atoms with Crippen LogP contribution in [0, 0.1) is 22.9 Å². The normalized spacial score (nSPS) is 10.0. The Morgan fingerprint density at radius 3 is 2.39 bits per heavy atom. The number of H-pyrrole nitrogens is 1. The first-order valence-corrected chi connectivity index (χ1v) is 7.34. The first-order chi connectivity index (χ1) is 10.9. The lowest BCUT2D eigenvalue weighted by atomic mass is 9.94. The summed E-state index contributed by atoms with van der Waals surface area (Å²) < 4.78 is 5.48. The highest BCUT2D eigenvalue weighted by Crippen LogP contribution is 2.31. The Labute approximate surface area is 140 Å². The van der Waals surface area contributed by atoms with Crippen molar-refractivity contribution in [3.05, 3.63) is 45.7 Å². The number of amides is 1. The summed E-state index contributed by atoms with van der Waals surface area (Å²) in [6.07, 6.45) is 0. The summed E-state index contributed by atoms with van der Waals surface area (Å²) in [6.45, 7) is 1.78. The van der Waals surface area contributed by atoms with Crippen LogP contribution in [0.15, 0.2) is 24.3 Å². The molecule has 2 aromatic rings. The van der Waals surface area contributed by atoms with Crippen molar-refractivity contribution in [1.82, 2.24) is 9.88 Å². The number of hydrogen-bond acceptors (Lipinski definition) is 4. The fourth-order valence-electron chi connectivity index (χ4n) is 2.37. The van der Waals surface area contributed by atoms with Gasteiger partial charge < -0.3 is 14.6 Å². The van der Waals surface area contributed by atoms with E-state index in [-0.39, 0.29) is 5.91 Å². The number of aryl methyl sites for hydroxylation is 1. The van der Waals surface area contributed by atoms with Crippen molar-refractivity contribution in [3.8, 4) is 22.9 Å². The Morgan fingerprint density at radius 2 is 1.91 bits per heavy atom. The number of nitrogens with one attached hydrogen (secondary N) is 1. The Hall–Kier alpha value is -2.65. The average Bonchev–Trinajstić information content (AvgIpc) is 2.53. The Bertz CT molecular complexity index is 846. The van der Waals surface area contributed by atoms with Crippen LogP contribution in [-0.4, -0.2) is 37.0 Å². The van der Waals surface area contributed by atoms with Gasteiger partial charge in [0.1, 0.15) is 16.5 Å². The number of aromatic amines is 1. The topological polar surface area (TPSA) is 69.1 Å². The van der Waals surface area contributed by atoms with Crippen LogP contribution in [0.1, 0.15) is 21.6 Å². The molecule has 118 valence electrons. The van der Waals surface area contributed by atoms with Crippen molar-refractivity contribution in [2.24, 2.45) is 0 Å². The van der Waals surface area contributed by atoms with Crippen LogP contribution in [0.2, 0.25) is 0 Å². The molecule has 0 bridgehead atoms. The van der Waals surface area contributed by atoms with Gasteiger partial charge in [-0.15, -0.1) is 0 Å². The Morgan fingerprint density at radius 1 is 1.30 bits per heavy atom. The minimum Gasteiger partial charge on any atom is -0.497 e. The zero-order chi connectivity index (χ0) is 17.1. The van der Waals surface area contributed by atoms with Crippen LogP contribution in [0.4, 0.5) is 0 Å². The molecule has 0 aliphatic heterocycles. The van der Waals surface area contributed by atoms with Crippen LogP contribution in [0.5, 0.6) is 5.75 Å². The van der Waals surface area contributed by atoms with E-state index in [4.69, 9.17) is 17.0 Å². The third-order valence-electron chi connectivity index (χ3n) is 3.51. The number of benzene rings is 1. The number of carbonyl (C=O) groups excluding carboxylic acids is 1. The van der Waals surface area contributed by atoms with Gasteiger partial charge in [0.2, 0.25) is 0 Å². The number of rotatable bonds is 3. The standard InChI is InChI=1S/C17H17N3O2S/c1-10-14(17(21)20(2)3)15(13(9-18)16(23)19-10)11-5-7-12(22-4)8-6-11/h5-8H,1-4H3,(H,19,23). The van der Waals surface area contributed by atoms with Crippen molar-refractivity contribution < 1.29 is 9.53 Å². The van der Waals surface area contributed by atoms with E-state index in [1.807, 2.05) is 12.1 Å². The third kappa shape index (κ3) is 3.10. The van der Waals surface area contributed by atoms with E-state index >= 15 is 0 Å². The molecule has 5 nitrogen and oxygen atoms in total. The first kappa shape index (κ1) is 16.7. The molecular formula is C17H17N3O2S. The summed E-state index contributed by atoms with van der Waals surface area (Å²) in [7, 11) is 4.93. The van der Waals surface area contributed by atoms with Crippen LogP contribution < -0.4 is 4.74 Å². The fraction of sp³-hybridized carbons (Fsp3) is 0.235. The smallest absolute Gasteiger partial charge is 0.255 e. The molecule has 0 radical (unpaired) electrons. The molecule has 23 heavy (non-hydrogen) atoms. The van der Waals surface area contributed by atoms with E-state index in [0.717, 1.165) is 5.56 Å². The first-order valence-electron chi connectivity index (χ1n) is 6.93. The molecule has 0 saturated carbocycles. The SMILES string of the molecule is COc1ccc(-c2c(C(=O)N(C)C)c(C)[nH]c(=S)c2C#N)cc1. The van der Waals surface area contributed by atoms with E-state index in [0.29, 0.717) is 32.8 Å². The van der Waals surface area contributed by atoms with Crippen molar-refractivity contribution >= 4 is 18.1 Å². The van der Waals surface area contributed by atoms with Gasteiger partial charge in [0.25, 0.3) is 5.91 Å². The van der Waals surface area contributed by atoms with Gasteiger partial charge in [-0.2, -0.15) is 5.26 Å². The summed E-state index contributed by atoms with van der Waals surface area (Å²) in [5.41, 5.74) is 2.68. The van der Waals surface area contributed by atoms with Gasteiger partial charge >= 0.3 is 0 Å². The van der Waals surface area contributed by atoms with E-state index in [1.54, 1.807) is 40.3 Å². The number of methoxy groups -OCH3 is 1. The Kier molecular flexibility index (Phi) is 4.82. The highest BCUT2D eigenvalue weighted by molar-refractivity contribution is 7.71. The summed E-state index contributed by atoms with van der Waals surface area (Å²) in [5.74, 6) is 0.515. The molecule has 1 amide bonds. The van der Waals surface area contributed by atoms with Crippen LogP contribution in [0.3, 0.4) is 0 Å². The van der Waals surface area contributed by atoms with Gasteiger partial charge in [-0.3, -0.25) is 4.79 Å². The lowest BCUT2D eigenvalue weighted by molar-refractivity contribution is 0.0827. The molecule has 0 saturated heterocycles. The van der Waals surface area contributed by atoms with Crippen molar-refractivity contribution in [2.45, 2.75) is 6.92 Å². The highest BCUT2D eigenvalue weighted by Gasteiger charge is 2.22. The van der Waals surface area contributed by atoms with Gasteiger partial charge in [-0.05, 0) is 24.6 Å². The largest absolute Gasteiger partial charge is 0.497 e. The monoisotopic (exact) mass is 327 g/mol. The van der Waals surface area contributed by atoms with Gasteiger partial charge in [-0.25, -0.2) is 0 Å². The van der Waals surface area contributed by atoms with Gasteiger partial charge in [-0.1, -0.05) is 24.4 Å². The lowest BCUT2D eigenvalue weighted by Gasteiger charge is -2.18. The van der Waals surface area contributed by atoms with Gasteiger partial charge in [0.05, 0.1) is 18.2 Å². The maximum Gasteiger partial charge on any atom is 0.255 e. The number of pyridine rings is 1. The van der Waals surface area contributed by atoms with Crippen molar-refractivity contribution in [2.75, 3.05) is 21.2 Å². The number of hydrogen-bond donors (Lipinski definition) is 1. The van der Waals surface area contributed by atoms with E-state index in [9.17, 15) is 10.1 Å². The summed E-state index contributed by atoms with van der Waals surface area (Å²) >= 11 is 5.26. The maximum atomic E-state index is 12.6. The van der Waals surface area contributed by atoms with Crippen LogP contribution >= 0.6 is 12.2 Å². The molecule has 2 rings (SSSR count). The summed E-state index contributed by atoms with van der Waals surface area (Å²) in [5, 5.41) is 9.51. The molecule has 1 aromatic heterocycles. The minimum absolute atomic E-state index is 0.184. The predicted octanol–water partition coefficient (Wildman–Crippen LogP) is 3.30. The second-order valence-corrected chi connectivity index (χ2v) is 5.65. The number of aromatic nitrogens is 1. The third-order valence-corrected chi connectivity index (χ3v) is 3.82. The number of nitrogens with zero attached hydrogens (tertiary/aromatic N) is 2.